The van der Waals surface area contributed by atoms with E-state index in [-0.39, 0.29) is 24.7 Å². The molecule has 1 aromatic heterocycles. The minimum atomic E-state index is -0.326. The van der Waals surface area contributed by atoms with Gasteiger partial charge in [-0.2, -0.15) is 0 Å². The van der Waals surface area contributed by atoms with Crippen molar-refractivity contribution >= 4 is 11.6 Å². The maximum Gasteiger partial charge on any atom is 0.256 e. The van der Waals surface area contributed by atoms with Crippen LogP contribution in [0.5, 0.6) is 0 Å². The molecule has 6 heteroatoms. The summed E-state index contributed by atoms with van der Waals surface area (Å²) in [5, 5.41) is 9.10. The zero-order chi connectivity index (χ0) is 13.1. The molecule has 1 aromatic rings. The first kappa shape index (κ1) is 12.8. The van der Waals surface area contributed by atoms with Gasteiger partial charge >= 0.3 is 0 Å². The Balaban J connectivity index is 2.19. The highest BCUT2D eigenvalue weighted by Gasteiger charge is 2.30. The van der Waals surface area contributed by atoms with E-state index < -0.39 is 0 Å². The minimum Gasteiger partial charge on any atom is -0.397 e. The van der Waals surface area contributed by atoms with E-state index in [2.05, 4.69) is 4.98 Å². The van der Waals surface area contributed by atoms with E-state index in [9.17, 15) is 4.79 Å². The van der Waals surface area contributed by atoms with Crippen molar-refractivity contribution in [1.82, 2.24) is 9.88 Å². The van der Waals surface area contributed by atoms with E-state index in [0.29, 0.717) is 24.4 Å². The number of carbonyl (C=O) groups is 1. The van der Waals surface area contributed by atoms with Crippen molar-refractivity contribution in [3.8, 4) is 0 Å². The second-order valence-electron chi connectivity index (χ2n) is 4.41. The van der Waals surface area contributed by atoms with Gasteiger partial charge in [0.1, 0.15) is 0 Å². The highest BCUT2D eigenvalue weighted by atomic mass is 16.5. The van der Waals surface area contributed by atoms with Gasteiger partial charge in [-0.25, -0.2) is 0 Å². The number of aliphatic hydroxyl groups is 1. The molecule has 6 nitrogen and oxygen atoms in total. The average molecular weight is 251 g/mol. The summed E-state index contributed by atoms with van der Waals surface area (Å²) < 4.78 is 5.40. The molecule has 2 atom stereocenters. The lowest BCUT2D eigenvalue weighted by atomic mass is 10.1. The van der Waals surface area contributed by atoms with Gasteiger partial charge in [0.15, 0.2) is 0 Å². The van der Waals surface area contributed by atoms with Gasteiger partial charge in [-0.15, -0.1) is 0 Å². The molecule has 1 aliphatic heterocycles. The number of anilines is 1. The van der Waals surface area contributed by atoms with Crippen LogP contribution >= 0.6 is 0 Å². The van der Waals surface area contributed by atoms with Crippen LogP contribution in [0.2, 0.25) is 0 Å². The van der Waals surface area contributed by atoms with Crippen molar-refractivity contribution in [3.05, 3.63) is 24.0 Å². The molecule has 0 aromatic carbocycles. The third-order valence-electron chi connectivity index (χ3n) is 3.05. The van der Waals surface area contributed by atoms with E-state index in [1.54, 1.807) is 11.0 Å². The van der Waals surface area contributed by atoms with Gasteiger partial charge in [0.25, 0.3) is 5.91 Å². The predicted molar refractivity (Wildman–Crippen MR) is 66.0 cm³/mol. The summed E-state index contributed by atoms with van der Waals surface area (Å²) in [7, 11) is 0. The molecule has 0 radical (unpaired) electrons. The van der Waals surface area contributed by atoms with Gasteiger partial charge in [-0.3, -0.25) is 9.78 Å². The van der Waals surface area contributed by atoms with Gasteiger partial charge in [-0.05, 0) is 13.0 Å². The van der Waals surface area contributed by atoms with Gasteiger partial charge in [0, 0.05) is 12.7 Å². The number of hydrogen-bond acceptors (Lipinski definition) is 5. The number of ether oxygens (including phenoxy) is 1. The quantitative estimate of drug-likeness (QED) is 0.765. The van der Waals surface area contributed by atoms with Crippen LogP contribution in [0, 0.1) is 0 Å². The number of nitrogens with two attached hydrogens (primary N) is 1. The topological polar surface area (TPSA) is 88.7 Å². The van der Waals surface area contributed by atoms with E-state index in [1.165, 1.54) is 12.4 Å². The zero-order valence-corrected chi connectivity index (χ0v) is 10.2. The third-order valence-corrected chi connectivity index (χ3v) is 3.05. The number of nitrogen functional groups attached to an aromatic ring is 1. The van der Waals surface area contributed by atoms with Crippen LogP contribution in [-0.2, 0) is 4.74 Å². The van der Waals surface area contributed by atoms with Crippen molar-refractivity contribution < 1.29 is 14.6 Å². The Morgan fingerprint density at radius 3 is 3.17 bits per heavy atom. The Kier molecular flexibility index (Phi) is 3.78. The summed E-state index contributed by atoms with van der Waals surface area (Å²) in [6, 6.07) is 1.57. The highest BCUT2D eigenvalue weighted by molar-refractivity contribution is 5.99. The molecule has 0 spiro atoms. The Hall–Kier alpha value is -1.66. The highest BCUT2D eigenvalue weighted by Crippen LogP contribution is 2.18. The number of rotatable bonds is 2. The van der Waals surface area contributed by atoms with Gasteiger partial charge < -0.3 is 20.5 Å². The van der Waals surface area contributed by atoms with E-state index in [1.807, 2.05) is 6.92 Å². The molecule has 3 N–H and O–H groups in total. The van der Waals surface area contributed by atoms with Crippen LogP contribution in [-0.4, -0.2) is 52.8 Å². The van der Waals surface area contributed by atoms with E-state index in [0.717, 1.165) is 0 Å². The Morgan fingerprint density at radius 2 is 2.50 bits per heavy atom. The average Bonchev–Trinajstić information content (AvgIpc) is 2.39. The zero-order valence-electron chi connectivity index (χ0n) is 10.2. The van der Waals surface area contributed by atoms with Gasteiger partial charge in [0.05, 0.1) is 42.8 Å². The Labute approximate surface area is 105 Å². The summed E-state index contributed by atoms with van der Waals surface area (Å²) in [6.07, 6.45) is 2.67. The summed E-state index contributed by atoms with van der Waals surface area (Å²) in [4.78, 5) is 17.9. The summed E-state index contributed by atoms with van der Waals surface area (Å²) >= 11 is 0. The number of morpholine rings is 1. The van der Waals surface area contributed by atoms with Crippen LogP contribution in [0.3, 0.4) is 0 Å². The molecular formula is C12H17N3O3. The lowest BCUT2D eigenvalue weighted by molar-refractivity contribution is -0.0667. The molecule has 0 bridgehead atoms. The van der Waals surface area contributed by atoms with Crippen molar-refractivity contribution in [2.24, 2.45) is 0 Å². The molecule has 1 aliphatic rings. The standard InChI is InChI=1S/C12H17N3O3/c1-8-7-18-9(6-16)5-15(8)12(17)10-2-3-14-4-11(10)13/h2-4,8-9,16H,5-7,13H2,1H3. The van der Waals surface area contributed by atoms with Crippen LogP contribution in [0.1, 0.15) is 17.3 Å². The minimum absolute atomic E-state index is 0.0344. The van der Waals surface area contributed by atoms with Gasteiger partial charge in [-0.1, -0.05) is 0 Å². The molecule has 0 saturated carbocycles. The first-order valence-electron chi connectivity index (χ1n) is 5.86. The number of nitrogens with zero attached hydrogens (tertiary/aromatic N) is 2. The van der Waals surface area contributed by atoms with Crippen LogP contribution in [0.25, 0.3) is 0 Å². The second-order valence-corrected chi connectivity index (χ2v) is 4.41. The normalized spacial score (nSPS) is 24.0. The molecule has 1 fully saturated rings. The monoisotopic (exact) mass is 251 g/mol. The molecule has 2 rings (SSSR count). The van der Waals surface area contributed by atoms with Crippen molar-refractivity contribution in [2.45, 2.75) is 19.1 Å². The molecule has 2 heterocycles. The van der Waals surface area contributed by atoms with Crippen LogP contribution in [0.15, 0.2) is 18.5 Å². The van der Waals surface area contributed by atoms with E-state index in [4.69, 9.17) is 15.6 Å². The molecule has 2 unspecified atom stereocenters. The van der Waals surface area contributed by atoms with Crippen molar-refractivity contribution in [2.75, 3.05) is 25.5 Å². The second kappa shape index (κ2) is 5.32. The number of aliphatic hydroxyl groups excluding tert-OH is 1. The summed E-state index contributed by atoms with van der Waals surface area (Å²) in [5.41, 5.74) is 6.55. The molecule has 0 aliphatic carbocycles. The van der Waals surface area contributed by atoms with Crippen LogP contribution in [0.4, 0.5) is 5.69 Å². The molecular weight excluding hydrogens is 234 g/mol. The Morgan fingerprint density at radius 1 is 1.72 bits per heavy atom. The molecule has 1 amide bonds. The van der Waals surface area contributed by atoms with Crippen LogP contribution < -0.4 is 5.73 Å². The SMILES string of the molecule is CC1COC(CO)CN1C(=O)c1ccncc1N. The van der Waals surface area contributed by atoms with E-state index >= 15 is 0 Å². The lowest BCUT2D eigenvalue weighted by Crippen LogP contribution is -2.52. The summed E-state index contributed by atoms with van der Waals surface area (Å²) in [6.45, 7) is 2.60. The van der Waals surface area contributed by atoms with Crippen molar-refractivity contribution in [1.29, 1.82) is 0 Å². The lowest BCUT2D eigenvalue weighted by Gasteiger charge is -2.37. The smallest absolute Gasteiger partial charge is 0.256 e. The molecule has 1 saturated heterocycles. The number of amides is 1. The maximum atomic E-state index is 12.4. The number of carbonyl (C=O) groups excluding carboxylic acids is 1. The predicted octanol–water partition coefficient (Wildman–Crippen LogP) is -0.114. The number of pyridine rings is 1. The largest absolute Gasteiger partial charge is 0.397 e. The fourth-order valence-electron chi connectivity index (χ4n) is 1.97. The summed E-state index contributed by atoms with van der Waals surface area (Å²) in [5.74, 6) is -0.149. The maximum absolute atomic E-state index is 12.4. The third kappa shape index (κ3) is 2.44. The molecule has 18 heavy (non-hydrogen) atoms. The first-order valence-corrected chi connectivity index (χ1v) is 5.86. The fourth-order valence-corrected chi connectivity index (χ4v) is 1.97. The first-order chi connectivity index (χ1) is 8.63. The number of hydrogen-bond donors (Lipinski definition) is 2. The van der Waals surface area contributed by atoms with Crippen molar-refractivity contribution in [3.63, 3.8) is 0 Å². The van der Waals surface area contributed by atoms with Gasteiger partial charge in [0.2, 0.25) is 0 Å². The Bertz CT molecular complexity index is 438. The molecule has 98 valence electrons. The number of aromatic nitrogens is 1. The fraction of sp³-hybridized carbons (Fsp3) is 0.500.